The molecular weight excluding hydrogens is 304 g/mol. The van der Waals surface area contributed by atoms with E-state index >= 15 is 0 Å². The summed E-state index contributed by atoms with van der Waals surface area (Å²) in [5, 5.41) is 0.299. The molecule has 1 aromatic heterocycles. The van der Waals surface area contributed by atoms with Gasteiger partial charge in [0.05, 0.1) is 4.47 Å². The van der Waals surface area contributed by atoms with E-state index in [0.717, 1.165) is 36.3 Å². The fraction of sp³-hybridized carbons (Fsp3) is 0.636. The predicted octanol–water partition coefficient (Wildman–Crippen LogP) is 2.42. The van der Waals surface area contributed by atoms with E-state index in [1.165, 1.54) is 0 Å². The van der Waals surface area contributed by atoms with Crippen LogP contribution in [-0.2, 0) is 0 Å². The van der Waals surface area contributed by atoms with Crippen molar-refractivity contribution in [3.05, 3.63) is 16.0 Å². The van der Waals surface area contributed by atoms with Crippen LogP contribution in [0.15, 0.2) is 10.7 Å². The van der Waals surface area contributed by atoms with Gasteiger partial charge in [0.1, 0.15) is 5.82 Å². The van der Waals surface area contributed by atoms with Gasteiger partial charge >= 0.3 is 0 Å². The van der Waals surface area contributed by atoms with Crippen molar-refractivity contribution in [2.45, 2.75) is 19.4 Å². The zero-order chi connectivity index (χ0) is 12.4. The lowest BCUT2D eigenvalue weighted by Crippen LogP contribution is -2.38. The summed E-state index contributed by atoms with van der Waals surface area (Å²) in [4.78, 5) is 12.9. The van der Waals surface area contributed by atoms with Gasteiger partial charge < -0.3 is 9.80 Å². The molecule has 1 aromatic rings. The van der Waals surface area contributed by atoms with Gasteiger partial charge in [-0.25, -0.2) is 4.98 Å². The Labute approximate surface area is 115 Å². The molecule has 1 fully saturated rings. The average Bonchev–Trinajstić information content (AvgIpc) is 2.43. The van der Waals surface area contributed by atoms with Crippen molar-refractivity contribution < 1.29 is 0 Å². The van der Waals surface area contributed by atoms with Crippen LogP contribution in [-0.4, -0.2) is 47.6 Å². The molecule has 1 unspecified atom stereocenters. The molecule has 1 aliphatic rings. The summed E-state index contributed by atoms with van der Waals surface area (Å²) in [6.07, 6.45) is 2.85. The zero-order valence-corrected chi connectivity index (χ0v) is 12.4. The SMILES string of the molecule is CC1CN(C)CCCN1c1nc(Cl)ncc1Br. The summed E-state index contributed by atoms with van der Waals surface area (Å²) in [5.74, 6) is 0.896. The molecule has 2 heterocycles. The van der Waals surface area contributed by atoms with Crippen LogP contribution in [0, 0.1) is 0 Å². The normalized spacial score (nSPS) is 22.6. The molecule has 0 spiro atoms. The lowest BCUT2D eigenvalue weighted by molar-refractivity contribution is 0.337. The van der Waals surface area contributed by atoms with Gasteiger partial charge in [-0.2, -0.15) is 4.98 Å². The second-order valence-corrected chi connectivity index (χ2v) is 5.66. The summed E-state index contributed by atoms with van der Waals surface area (Å²) in [7, 11) is 2.15. The minimum Gasteiger partial charge on any atom is -0.351 e. The van der Waals surface area contributed by atoms with Gasteiger partial charge in [-0.1, -0.05) is 0 Å². The Kier molecular flexibility index (Phi) is 4.22. The van der Waals surface area contributed by atoms with E-state index in [2.05, 4.69) is 49.7 Å². The first-order chi connectivity index (χ1) is 8.08. The van der Waals surface area contributed by atoms with Gasteiger partial charge in [0.15, 0.2) is 0 Å². The molecule has 1 atom stereocenters. The van der Waals surface area contributed by atoms with Crippen LogP contribution in [0.4, 0.5) is 5.82 Å². The maximum Gasteiger partial charge on any atom is 0.224 e. The number of anilines is 1. The van der Waals surface area contributed by atoms with Crippen molar-refractivity contribution in [1.29, 1.82) is 0 Å². The average molecular weight is 320 g/mol. The topological polar surface area (TPSA) is 32.3 Å². The van der Waals surface area contributed by atoms with Crippen LogP contribution in [0.1, 0.15) is 13.3 Å². The molecule has 0 aromatic carbocycles. The third kappa shape index (κ3) is 3.09. The first-order valence-electron chi connectivity index (χ1n) is 5.71. The molecule has 0 saturated carbocycles. The maximum absolute atomic E-state index is 5.87. The highest BCUT2D eigenvalue weighted by Gasteiger charge is 2.22. The third-order valence-corrected chi connectivity index (χ3v) is 3.76. The molecule has 94 valence electrons. The largest absolute Gasteiger partial charge is 0.351 e. The van der Waals surface area contributed by atoms with E-state index in [1.54, 1.807) is 6.20 Å². The fourth-order valence-electron chi connectivity index (χ4n) is 2.23. The Bertz CT molecular complexity index is 401. The minimum atomic E-state index is 0.299. The van der Waals surface area contributed by atoms with Crippen LogP contribution < -0.4 is 4.90 Å². The number of likely N-dealkylation sites (N-methyl/N-ethyl adjacent to an activating group) is 1. The standard InChI is InChI=1S/C11H16BrClN4/c1-8-7-16(2)4-3-5-17(8)10-9(12)6-14-11(13)15-10/h6,8H,3-5,7H2,1-2H3. The number of nitrogens with zero attached hydrogens (tertiary/aromatic N) is 4. The lowest BCUT2D eigenvalue weighted by atomic mass is 10.2. The molecular formula is C11H16BrClN4. The maximum atomic E-state index is 5.87. The molecule has 2 rings (SSSR count). The van der Waals surface area contributed by atoms with Crippen LogP contribution in [0.5, 0.6) is 0 Å². The Balaban J connectivity index is 2.28. The van der Waals surface area contributed by atoms with E-state index in [0.29, 0.717) is 11.3 Å². The number of hydrogen-bond donors (Lipinski definition) is 0. The molecule has 1 saturated heterocycles. The Morgan fingerprint density at radius 2 is 2.24 bits per heavy atom. The number of hydrogen-bond acceptors (Lipinski definition) is 4. The monoisotopic (exact) mass is 318 g/mol. The van der Waals surface area contributed by atoms with Crippen molar-refractivity contribution >= 4 is 33.3 Å². The van der Waals surface area contributed by atoms with E-state index in [9.17, 15) is 0 Å². The Hall–Kier alpha value is -0.390. The van der Waals surface area contributed by atoms with Crippen molar-refractivity contribution in [2.24, 2.45) is 0 Å². The summed E-state index contributed by atoms with van der Waals surface area (Å²) >= 11 is 9.37. The van der Waals surface area contributed by atoms with Gasteiger partial charge in [-0.15, -0.1) is 0 Å². The Morgan fingerprint density at radius 1 is 1.47 bits per heavy atom. The first-order valence-corrected chi connectivity index (χ1v) is 6.88. The molecule has 0 aliphatic carbocycles. The molecule has 0 amide bonds. The highest BCUT2D eigenvalue weighted by Crippen LogP contribution is 2.27. The number of aromatic nitrogens is 2. The summed E-state index contributed by atoms with van der Waals surface area (Å²) < 4.78 is 0.901. The molecule has 1 aliphatic heterocycles. The van der Waals surface area contributed by atoms with E-state index in [1.807, 2.05) is 0 Å². The molecule has 0 radical (unpaired) electrons. The van der Waals surface area contributed by atoms with Crippen molar-refractivity contribution in [1.82, 2.24) is 14.9 Å². The van der Waals surface area contributed by atoms with Crippen molar-refractivity contribution in [3.8, 4) is 0 Å². The van der Waals surface area contributed by atoms with Crippen LogP contribution in [0.3, 0.4) is 0 Å². The van der Waals surface area contributed by atoms with Gasteiger partial charge in [0.25, 0.3) is 0 Å². The first kappa shape index (κ1) is 13.1. The summed E-state index contributed by atoms with van der Waals surface area (Å²) in [6.45, 7) is 5.37. The second kappa shape index (κ2) is 5.50. The van der Waals surface area contributed by atoms with Crippen molar-refractivity contribution in [3.63, 3.8) is 0 Å². The van der Waals surface area contributed by atoms with Gasteiger partial charge in [-0.3, -0.25) is 0 Å². The number of halogens is 2. The van der Waals surface area contributed by atoms with E-state index in [4.69, 9.17) is 11.6 Å². The van der Waals surface area contributed by atoms with Crippen LogP contribution in [0.2, 0.25) is 5.28 Å². The number of rotatable bonds is 1. The molecule has 4 nitrogen and oxygen atoms in total. The highest BCUT2D eigenvalue weighted by molar-refractivity contribution is 9.10. The highest BCUT2D eigenvalue weighted by atomic mass is 79.9. The van der Waals surface area contributed by atoms with Crippen LogP contribution in [0.25, 0.3) is 0 Å². The molecule has 0 bridgehead atoms. The minimum absolute atomic E-state index is 0.299. The lowest BCUT2D eigenvalue weighted by Gasteiger charge is -2.29. The molecule has 0 N–H and O–H groups in total. The third-order valence-electron chi connectivity index (χ3n) is 3.02. The fourth-order valence-corrected chi connectivity index (χ4v) is 2.77. The molecule has 6 heteroatoms. The smallest absolute Gasteiger partial charge is 0.224 e. The predicted molar refractivity (Wildman–Crippen MR) is 73.7 cm³/mol. The van der Waals surface area contributed by atoms with Crippen molar-refractivity contribution in [2.75, 3.05) is 31.6 Å². The van der Waals surface area contributed by atoms with E-state index < -0.39 is 0 Å². The van der Waals surface area contributed by atoms with Gasteiger partial charge in [-0.05, 0) is 54.5 Å². The van der Waals surface area contributed by atoms with Crippen LogP contribution >= 0.6 is 27.5 Å². The summed E-state index contributed by atoms with van der Waals surface area (Å²) in [5.41, 5.74) is 0. The molecule has 17 heavy (non-hydrogen) atoms. The zero-order valence-electron chi connectivity index (χ0n) is 10.0. The van der Waals surface area contributed by atoms with E-state index in [-0.39, 0.29) is 0 Å². The second-order valence-electron chi connectivity index (χ2n) is 4.47. The quantitative estimate of drug-likeness (QED) is 0.744. The summed E-state index contributed by atoms with van der Waals surface area (Å²) in [6, 6.07) is 0.421. The van der Waals surface area contributed by atoms with Gasteiger partial charge in [0.2, 0.25) is 5.28 Å². The Morgan fingerprint density at radius 3 is 3.00 bits per heavy atom. The van der Waals surface area contributed by atoms with Gasteiger partial charge in [0, 0.05) is 25.3 Å².